The molecule has 0 bridgehead atoms. The van der Waals surface area contributed by atoms with Gasteiger partial charge in [0.1, 0.15) is 0 Å². The summed E-state index contributed by atoms with van der Waals surface area (Å²) in [4.78, 5) is 0. The number of thiophene rings is 1. The molecule has 0 aliphatic carbocycles. The molecule has 6 heteroatoms. The molecule has 1 aromatic carbocycles. The number of hydrogen-bond donors (Lipinski definition) is 1. The van der Waals surface area contributed by atoms with Gasteiger partial charge in [0.15, 0.2) is 9.84 Å². The zero-order valence-corrected chi connectivity index (χ0v) is 15.6. The first kappa shape index (κ1) is 16.9. The summed E-state index contributed by atoms with van der Waals surface area (Å²) < 4.78 is 26.2. The van der Waals surface area contributed by atoms with Gasteiger partial charge in [0.25, 0.3) is 0 Å². The summed E-state index contributed by atoms with van der Waals surface area (Å²) in [5.41, 5.74) is 1.07. The Kier molecular flexibility index (Phi) is 5.46. The summed E-state index contributed by atoms with van der Waals surface area (Å²) >= 11 is 5.21. The minimum atomic E-state index is -3.11. The standard InChI is InChI=1S/C15H20BrNO2S2/c1-4-8-17-14(10(2)21(3,18)19)12-9-20-15-11(12)6-5-7-13(15)16/h5-7,9-10,14,17H,4,8H2,1-3H3. The Balaban J connectivity index is 2.51. The Morgan fingerprint density at radius 2 is 2.10 bits per heavy atom. The van der Waals surface area contributed by atoms with Crippen molar-refractivity contribution in [3.8, 4) is 0 Å². The second kappa shape index (κ2) is 6.77. The second-order valence-electron chi connectivity index (χ2n) is 5.27. The van der Waals surface area contributed by atoms with E-state index in [1.54, 1.807) is 18.3 Å². The van der Waals surface area contributed by atoms with Gasteiger partial charge < -0.3 is 5.32 Å². The van der Waals surface area contributed by atoms with E-state index < -0.39 is 15.1 Å². The summed E-state index contributed by atoms with van der Waals surface area (Å²) in [6.07, 6.45) is 2.28. The summed E-state index contributed by atoms with van der Waals surface area (Å²) in [6, 6.07) is 5.88. The van der Waals surface area contributed by atoms with Crippen LogP contribution in [0.5, 0.6) is 0 Å². The summed E-state index contributed by atoms with van der Waals surface area (Å²) in [7, 11) is -3.11. The van der Waals surface area contributed by atoms with E-state index >= 15 is 0 Å². The molecule has 2 atom stereocenters. The third-order valence-corrected chi connectivity index (χ3v) is 7.27. The lowest BCUT2D eigenvalue weighted by atomic mass is 10.0. The van der Waals surface area contributed by atoms with E-state index in [2.05, 4.69) is 39.6 Å². The maximum Gasteiger partial charge on any atom is 0.151 e. The normalized spacial score (nSPS) is 15.2. The van der Waals surface area contributed by atoms with Crippen LogP contribution < -0.4 is 5.32 Å². The van der Waals surface area contributed by atoms with Crippen molar-refractivity contribution in [2.75, 3.05) is 12.8 Å². The molecule has 0 spiro atoms. The third-order valence-electron chi connectivity index (χ3n) is 3.68. The number of rotatable bonds is 6. The Labute approximate surface area is 138 Å². The van der Waals surface area contributed by atoms with Crippen LogP contribution in [0.4, 0.5) is 0 Å². The molecule has 1 N–H and O–H groups in total. The number of nitrogens with one attached hydrogen (secondary N) is 1. The van der Waals surface area contributed by atoms with Crippen LogP contribution >= 0.6 is 27.3 Å². The van der Waals surface area contributed by atoms with E-state index in [0.717, 1.165) is 33.1 Å². The molecule has 3 nitrogen and oxygen atoms in total. The van der Waals surface area contributed by atoms with Crippen molar-refractivity contribution in [1.82, 2.24) is 5.32 Å². The largest absolute Gasteiger partial charge is 0.309 e. The first-order valence-electron chi connectivity index (χ1n) is 6.94. The van der Waals surface area contributed by atoms with Crippen LogP contribution in [-0.4, -0.2) is 26.5 Å². The second-order valence-corrected chi connectivity index (χ2v) is 9.41. The molecule has 21 heavy (non-hydrogen) atoms. The van der Waals surface area contributed by atoms with Gasteiger partial charge in [-0.25, -0.2) is 8.42 Å². The highest BCUT2D eigenvalue weighted by Gasteiger charge is 2.28. The van der Waals surface area contributed by atoms with Crippen LogP contribution in [0.15, 0.2) is 28.1 Å². The Morgan fingerprint density at radius 3 is 2.71 bits per heavy atom. The van der Waals surface area contributed by atoms with E-state index in [1.165, 1.54) is 6.26 Å². The number of benzene rings is 1. The molecule has 116 valence electrons. The Bertz CT molecular complexity index is 724. The summed E-state index contributed by atoms with van der Waals surface area (Å²) in [5.74, 6) is 0. The SMILES string of the molecule is CCCNC(c1csc2c(Br)cccc12)C(C)S(C)(=O)=O. The number of halogens is 1. The first-order chi connectivity index (χ1) is 9.86. The number of sulfone groups is 1. The topological polar surface area (TPSA) is 46.2 Å². The van der Waals surface area contributed by atoms with Gasteiger partial charge in [0.05, 0.1) is 11.3 Å². The highest BCUT2D eigenvalue weighted by atomic mass is 79.9. The average molecular weight is 390 g/mol. The van der Waals surface area contributed by atoms with Gasteiger partial charge in [-0.05, 0) is 58.2 Å². The molecule has 1 aromatic heterocycles. The van der Waals surface area contributed by atoms with Crippen LogP contribution in [0.1, 0.15) is 31.9 Å². The molecule has 0 radical (unpaired) electrons. The molecule has 2 aromatic rings. The van der Waals surface area contributed by atoms with E-state index in [4.69, 9.17) is 0 Å². The predicted octanol–water partition coefficient (Wildman–Crippen LogP) is 4.14. The van der Waals surface area contributed by atoms with Crippen molar-refractivity contribution in [3.05, 3.63) is 33.6 Å². The average Bonchev–Trinajstić information content (AvgIpc) is 2.83. The minimum absolute atomic E-state index is 0.178. The van der Waals surface area contributed by atoms with Crippen LogP contribution in [-0.2, 0) is 9.84 Å². The van der Waals surface area contributed by atoms with Crippen molar-refractivity contribution < 1.29 is 8.42 Å². The molecule has 0 saturated heterocycles. The molecule has 0 aliphatic heterocycles. The van der Waals surface area contributed by atoms with Crippen molar-refractivity contribution in [3.63, 3.8) is 0 Å². The summed E-state index contributed by atoms with van der Waals surface area (Å²) in [5, 5.41) is 6.14. The van der Waals surface area contributed by atoms with Crippen molar-refractivity contribution >= 4 is 47.2 Å². The van der Waals surface area contributed by atoms with Gasteiger partial charge in [-0.15, -0.1) is 11.3 Å². The Hall–Kier alpha value is -0.430. The molecule has 0 fully saturated rings. The van der Waals surface area contributed by atoms with Gasteiger partial charge in [-0.2, -0.15) is 0 Å². The fourth-order valence-electron chi connectivity index (χ4n) is 2.36. The van der Waals surface area contributed by atoms with Crippen LogP contribution in [0, 0.1) is 0 Å². The van der Waals surface area contributed by atoms with Gasteiger partial charge in [0, 0.05) is 15.4 Å². The maximum absolute atomic E-state index is 12.0. The monoisotopic (exact) mass is 389 g/mol. The zero-order valence-electron chi connectivity index (χ0n) is 12.4. The fraction of sp³-hybridized carbons (Fsp3) is 0.467. The highest BCUT2D eigenvalue weighted by Crippen LogP contribution is 2.37. The van der Waals surface area contributed by atoms with Crippen molar-refractivity contribution in [2.45, 2.75) is 31.6 Å². The van der Waals surface area contributed by atoms with Gasteiger partial charge in [-0.3, -0.25) is 0 Å². The Morgan fingerprint density at radius 1 is 1.38 bits per heavy atom. The van der Waals surface area contributed by atoms with E-state index in [9.17, 15) is 8.42 Å². The van der Waals surface area contributed by atoms with Crippen LogP contribution in [0.2, 0.25) is 0 Å². The zero-order chi connectivity index (χ0) is 15.6. The lowest BCUT2D eigenvalue weighted by Gasteiger charge is -2.24. The maximum atomic E-state index is 12.0. The lowest BCUT2D eigenvalue weighted by Crippen LogP contribution is -2.35. The number of fused-ring (bicyclic) bond motifs is 1. The molecule has 2 rings (SSSR count). The van der Waals surface area contributed by atoms with E-state index in [0.29, 0.717) is 0 Å². The summed E-state index contributed by atoms with van der Waals surface area (Å²) in [6.45, 7) is 4.66. The third kappa shape index (κ3) is 3.67. The molecule has 0 amide bonds. The molecular weight excluding hydrogens is 370 g/mol. The van der Waals surface area contributed by atoms with Gasteiger partial charge in [0.2, 0.25) is 0 Å². The van der Waals surface area contributed by atoms with Gasteiger partial charge in [-0.1, -0.05) is 19.1 Å². The number of hydrogen-bond acceptors (Lipinski definition) is 4. The fourth-order valence-corrected chi connectivity index (χ4v) is 4.75. The smallest absolute Gasteiger partial charge is 0.151 e. The van der Waals surface area contributed by atoms with Crippen LogP contribution in [0.25, 0.3) is 10.1 Å². The predicted molar refractivity (Wildman–Crippen MR) is 94.9 cm³/mol. The molecule has 1 heterocycles. The van der Waals surface area contributed by atoms with Gasteiger partial charge >= 0.3 is 0 Å². The van der Waals surface area contributed by atoms with Crippen LogP contribution in [0.3, 0.4) is 0 Å². The molecular formula is C15H20BrNO2S2. The molecule has 2 unspecified atom stereocenters. The highest BCUT2D eigenvalue weighted by molar-refractivity contribution is 9.10. The first-order valence-corrected chi connectivity index (χ1v) is 10.6. The molecule has 0 saturated carbocycles. The van der Waals surface area contributed by atoms with Crippen molar-refractivity contribution in [1.29, 1.82) is 0 Å². The minimum Gasteiger partial charge on any atom is -0.309 e. The molecule has 0 aliphatic rings. The van der Waals surface area contributed by atoms with Crippen molar-refractivity contribution in [2.24, 2.45) is 0 Å². The van der Waals surface area contributed by atoms with E-state index in [1.807, 2.05) is 12.1 Å². The lowest BCUT2D eigenvalue weighted by molar-refractivity contribution is 0.503. The van der Waals surface area contributed by atoms with E-state index in [-0.39, 0.29) is 6.04 Å². The quantitative estimate of drug-likeness (QED) is 0.807.